The molecule has 2 aliphatic heterocycles. The highest BCUT2D eigenvalue weighted by Crippen LogP contribution is 2.54. The molecule has 0 spiro atoms. The topological polar surface area (TPSA) is 99.4 Å². The van der Waals surface area contributed by atoms with Gasteiger partial charge in [-0.3, -0.25) is 0 Å². The highest BCUT2D eigenvalue weighted by Gasteiger charge is 2.65. The number of hydrogen-bond donors (Lipinski definition) is 4. The van der Waals surface area contributed by atoms with Crippen LogP contribution >= 0.6 is 11.6 Å². The van der Waals surface area contributed by atoms with Gasteiger partial charge in [0.05, 0.1) is 13.2 Å². The van der Waals surface area contributed by atoms with Crippen LogP contribution in [0.4, 0.5) is 4.39 Å². The van der Waals surface area contributed by atoms with E-state index in [1.165, 1.54) is 6.07 Å². The first-order valence-corrected chi connectivity index (χ1v) is 10.7. The molecular weight excluding hydrogens is 427 g/mol. The van der Waals surface area contributed by atoms with Gasteiger partial charge in [-0.2, -0.15) is 0 Å². The van der Waals surface area contributed by atoms with E-state index in [-0.39, 0.29) is 12.2 Å². The normalized spacial score (nSPS) is 32.3. The Labute approximate surface area is 184 Å². The molecule has 2 heterocycles. The van der Waals surface area contributed by atoms with Crippen LogP contribution in [0.5, 0.6) is 5.75 Å². The minimum Gasteiger partial charge on any atom is -0.491 e. The quantitative estimate of drug-likeness (QED) is 0.537. The van der Waals surface area contributed by atoms with Crippen molar-refractivity contribution in [2.24, 2.45) is 0 Å². The fourth-order valence-electron chi connectivity index (χ4n) is 4.74. The van der Waals surface area contributed by atoms with Gasteiger partial charge in [-0.1, -0.05) is 29.8 Å². The van der Waals surface area contributed by atoms with Gasteiger partial charge in [0.15, 0.2) is 11.6 Å². The average Bonchev–Trinajstić information content (AvgIpc) is 3.15. The number of aliphatic hydroxyl groups is 4. The maximum absolute atomic E-state index is 14.3. The van der Waals surface area contributed by atoms with Crippen molar-refractivity contribution < 1.29 is 34.3 Å². The number of aliphatic hydroxyl groups excluding tert-OH is 4. The molecule has 0 amide bonds. The zero-order valence-electron chi connectivity index (χ0n) is 17.1. The minimum absolute atomic E-state index is 0.183. The predicted molar refractivity (Wildman–Crippen MR) is 112 cm³/mol. The van der Waals surface area contributed by atoms with E-state index in [4.69, 9.17) is 21.1 Å². The lowest BCUT2D eigenvalue weighted by atomic mass is 9.80. The van der Waals surface area contributed by atoms with Crippen LogP contribution in [0.2, 0.25) is 5.02 Å². The Kier molecular flexibility index (Phi) is 6.02. The Bertz CT molecular complexity index is 971. The van der Waals surface area contributed by atoms with Crippen molar-refractivity contribution in [3.63, 3.8) is 0 Å². The molecular formula is C23H26ClFO6. The molecule has 0 unspecified atom stereocenters. The van der Waals surface area contributed by atoms with Crippen LogP contribution in [0, 0.1) is 5.82 Å². The molecule has 2 aliphatic rings. The number of rotatable bonds is 6. The smallest absolute Gasteiger partial charge is 0.165 e. The van der Waals surface area contributed by atoms with Gasteiger partial charge < -0.3 is 29.9 Å². The molecule has 6 nitrogen and oxygen atoms in total. The predicted octanol–water partition coefficient (Wildman–Crippen LogP) is 2.30. The summed E-state index contributed by atoms with van der Waals surface area (Å²) in [6.45, 7) is 1.67. The second kappa shape index (κ2) is 8.31. The van der Waals surface area contributed by atoms with Gasteiger partial charge in [0.2, 0.25) is 0 Å². The van der Waals surface area contributed by atoms with E-state index in [0.717, 1.165) is 0 Å². The Morgan fingerprint density at radius 3 is 2.58 bits per heavy atom. The molecule has 2 saturated heterocycles. The number of ether oxygens (including phenoxy) is 2. The van der Waals surface area contributed by atoms with Gasteiger partial charge in [-0.25, -0.2) is 4.39 Å². The fourth-order valence-corrected chi connectivity index (χ4v) is 4.92. The number of fused-ring (bicyclic) bond motifs is 2. The number of hydrogen-bond acceptors (Lipinski definition) is 6. The summed E-state index contributed by atoms with van der Waals surface area (Å²) in [4.78, 5) is 0. The van der Waals surface area contributed by atoms with Crippen LogP contribution in [-0.2, 0) is 16.8 Å². The van der Waals surface area contributed by atoms with E-state index < -0.39 is 41.9 Å². The number of benzene rings is 2. The third-order valence-electron chi connectivity index (χ3n) is 6.46. The van der Waals surface area contributed by atoms with Gasteiger partial charge in [0, 0.05) is 5.02 Å². The first kappa shape index (κ1) is 22.5. The third kappa shape index (κ3) is 3.63. The second-order valence-corrected chi connectivity index (χ2v) is 8.68. The van der Waals surface area contributed by atoms with Crippen molar-refractivity contribution in [2.75, 3.05) is 13.2 Å². The summed E-state index contributed by atoms with van der Waals surface area (Å²) >= 11 is 6.40. The lowest BCUT2D eigenvalue weighted by Crippen LogP contribution is -2.64. The SMILES string of the molecule is CCOc1ccc(Cc2cc([C@]34CC[C@](CO)(O3)[C@H](O)[C@H](O)[C@@H]4O)ccc2Cl)cc1F. The maximum Gasteiger partial charge on any atom is 0.165 e. The maximum atomic E-state index is 14.3. The molecule has 5 atom stereocenters. The molecule has 2 bridgehead atoms. The van der Waals surface area contributed by atoms with E-state index in [1.54, 1.807) is 37.3 Å². The second-order valence-electron chi connectivity index (χ2n) is 8.28. The molecule has 0 radical (unpaired) electrons. The summed E-state index contributed by atoms with van der Waals surface area (Å²) in [6, 6.07) is 9.85. The Morgan fingerprint density at radius 1 is 1.13 bits per heavy atom. The van der Waals surface area contributed by atoms with Crippen LogP contribution in [0.3, 0.4) is 0 Å². The first-order chi connectivity index (χ1) is 14.8. The van der Waals surface area contributed by atoms with Crippen LogP contribution < -0.4 is 4.74 Å². The van der Waals surface area contributed by atoms with Gasteiger partial charge >= 0.3 is 0 Å². The summed E-state index contributed by atoms with van der Waals surface area (Å²) < 4.78 is 25.6. The lowest BCUT2D eigenvalue weighted by Gasteiger charge is -2.48. The largest absolute Gasteiger partial charge is 0.491 e. The molecule has 0 saturated carbocycles. The van der Waals surface area contributed by atoms with E-state index in [1.807, 2.05) is 0 Å². The molecule has 31 heavy (non-hydrogen) atoms. The molecule has 2 aromatic rings. The van der Waals surface area contributed by atoms with E-state index in [9.17, 15) is 24.8 Å². The minimum atomic E-state index is -1.47. The molecule has 168 valence electrons. The van der Waals surface area contributed by atoms with Crippen LogP contribution in [-0.4, -0.2) is 57.6 Å². The molecule has 8 heteroatoms. The fraction of sp³-hybridized carbons (Fsp3) is 0.478. The first-order valence-electron chi connectivity index (χ1n) is 10.3. The molecule has 0 aromatic heterocycles. The van der Waals surface area contributed by atoms with E-state index in [2.05, 4.69) is 0 Å². The zero-order valence-corrected chi connectivity index (χ0v) is 17.8. The Hall–Kier alpha value is -1.74. The van der Waals surface area contributed by atoms with Gasteiger partial charge in [0.25, 0.3) is 0 Å². The summed E-state index contributed by atoms with van der Waals surface area (Å²) in [5, 5.41) is 41.9. The van der Waals surface area contributed by atoms with Crippen LogP contribution in [0.1, 0.15) is 36.5 Å². The van der Waals surface area contributed by atoms with Crippen molar-refractivity contribution in [2.45, 2.75) is 55.7 Å². The van der Waals surface area contributed by atoms with Crippen molar-refractivity contribution in [3.8, 4) is 5.75 Å². The zero-order chi connectivity index (χ0) is 22.4. The van der Waals surface area contributed by atoms with Crippen molar-refractivity contribution in [1.82, 2.24) is 0 Å². The molecule has 0 aliphatic carbocycles. The van der Waals surface area contributed by atoms with Gasteiger partial charge in [-0.15, -0.1) is 0 Å². The Balaban J connectivity index is 1.68. The molecule has 4 N–H and O–H groups in total. The summed E-state index contributed by atoms with van der Waals surface area (Å²) in [5.41, 5.74) is -0.669. The van der Waals surface area contributed by atoms with Crippen molar-refractivity contribution in [3.05, 3.63) is 63.9 Å². The van der Waals surface area contributed by atoms with Crippen molar-refractivity contribution >= 4 is 11.6 Å². The number of halogens is 2. The van der Waals surface area contributed by atoms with Gasteiger partial charge in [0.1, 0.15) is 29.5 Å². The summed E-state index contributed by atoms with van der Waals surface area (Å²) in [6.07, 6.45) is -3.34. The van der Waals surface area contributed by atoms with Crippen LogP contribution in [0.25, 0.3) is 0 Å². The summed E-state index contributed by atoms with van der Waals surface area (Å²) in [5.74, 6) is -0.278. The highest BCUT2D eigenvalue weighted by molar-refractivity contribution is 6.31. The highest BCUT2D eigenvalue weighted by atomic mass is 35.5. The molecule has 2 fully saturated rings. The van der Waals surface area contributed by atoms with E-state index >= 15 is 0 Å². The Morgan fingerprint density at radius 2 is 1.90 bits per heavy atom. The average molecular weight is 453 g/mol. The molecule has 4 rings (SSSR count). The van der Waals surface area contributed by atoms with Crippen molar-refractivity contribution in [1.29, 1.82) is 0 Å². The monoisotopic (exact) mass is 452 g/mol. The van der Waals surface area contributed by atoms with Gasteiger partial charge in [-0.05, 0) is 61.1 Å². The third-order valence-corrected chi connectivity index (χ3v) is 6.83. The standard InChI is InChI=1S/C23H26ClFO6/c1-2-30-18-6-3-13(10-17(18)25)9-14-11-15(4-5-16(14)24)23-8-7-22(12-26,31-23)20(28)19(27)21(23)29/h3-6,10-11,19-21,26-29H,2,7-9,12H2,1H3/t19-,20+,21-,22+,23-/m0/s1. The molecule has 2 aromatic carbocycles. The van der Waals surface area contributed by atoms with Crippen LogP contribution in [0.15, 0.2) is 36.4 Å². The summed E-state index contributed by atoms with van der Waals surface area (Å²) in [7, 11) is 0. The lowest BCUT2D eigenvalue weighted by molar-refractivity contribution is -0.289. The van der Waals surface area contributed by atoms with E-state index in [0.29, 0.717) is 41.2 Å².